The first-order valence-electron chi connectivity index (χ1n) is 11.1. The molecule has 2 unspecified atom stereocenters. The molecule has 5 rings (SSSR count). The number of rotatable bonds is 4. The van der Waals surface area contributed by atoms with Crippen molar-refractivity contribution in [3.63, 3.8) is 0 Å². The third kappa shape index (κ3) is 3.41. The van der Waals surface area contributed by atoms with Crippen LogP contribution >= 0.6 is 0 Å². The molecule has 1 aromatic carbocycles. The first kappa shape index (κ1) is 19.3. The van der Waals surface area contributed by atoms with Crippen LogP contribution in [0.25, 0.3) is 10.9 Å². The van der Waals surface area contributed by atoms with E-state index < -0.39 is 0 Å². The Morgan fingerprint density at radius 3 is 2.97 bits per heavy atom. The summed E-state index contributed by atoms with van der Waals surface area (Å²) in [5.74, 6) is 0.828. The fourth-order valence-electron chi connectivity index (χ4n) is 5.51. The molecule has 6 nitrogen and oxygen atoms in total. The summed E-state index contributed by atoms with van der Waals surface area (Å²) >= 11 is 0. The minimum atomic E-state index is 0.0428. The van der Waals surface area contributed by atoms with E-state index in [1.165, 1.54) is 19.4 Å². The highest BCUT2D eigenvalue weighted by Gasteiger charge is 2.57. The molecule has 1 amide bonds. The predicted octanol–water partition coefficient (Wildman–Crippen LogP) is 2.78. The fraction of sp³-hybridized carbons (Fsp3) is 0.542. The van der Waals surface area contributed by atoms with Crippen LogP contribution < -0.4 is 10.2 Å². The smallest absolute Gasteiger partial charge is 0.225 e. The third-order valence-electron chi connectivity index (χ3n) is 7.35. The van der Waals surface area contributed by atoms with Crippen LogP contribution in [-0.4, -0.2) is 55.6 Å². The lowest BCUT2D eigenvalue weighted by atomic mass is 9.91. The number of pyridine rings is 1. The number of nitrogens with one attached hydrogen (secondary N) is 1. The molecule has 2 saturated heterocycles. The van der Waals surface area contributed by atoms with Gasteiger partial charge in [-0.15, -0.1) is 0 Å². The first-order chi connectivity index (χ1) is 14.6. The topological polar surface area (TPSA) is 72.3 Å². The Labute approximate surface area is 177 Å². The third-order valence-corrected chi connectivity index (χ3v) is 7.35. The van der Waals surface area contributed by atoms with Gasteiger partial charge < -0.3 is 15.1 Å². The van der Waals surface area contributed by atoms with Gasteiger partial charge in [0.05, 0.1) is 17.0 Å². The van der Waals surface area contributed by atoms with Crippen molar-refractivity contribution in [3.8, 4) is 6.07 Å². The van der Waals surface area contributed by atoms with Gasteiger partial charge in [-0.05, 0) is 69.5 Å². The summed E-state index contributed by atoms with van der Waals surface area (Å²) in [4.78, 5) is 22.3. The summed E-state index contributed by atoms with van der Waals surface area (Å²) in [6, 6.07) is 10.1. The molecule has 1 aromatic heterocycles. The second-order valence-corrected chi connectivity index (χ2v) is 9.45. The Morgan fingerprint density at radius 2 is 2.20 bits per heavy atom. The molecule has 0 bridgehead atoms. The highest BCUT2D eigenvalue weighted by atomic mass is 16.2. The van der Waals surface area contributed by atoms with E-state index in [4.69, 9.17) is 0 Å². The van der Waals surface area contributed by atoms with E-state index in [0.29, 0.717) is 11.5 Å². The van der Waals surface area contributed by atoms with Gasteiger partial charge in [0.2, 0.25) is 5.91 Å². The van der Waals surface area contributed by atoms with Crippen LogP contribution in [0.2, 0.25) is 0 Å². The summed E-state index contributed by atoms with van der Waals surface area (Å²) in [7, 11) is 2.17. The van der Waals surface area contributed by atoms with E-state index in [2.05, 4.69) is 33.2 Å². The molecule has 2 aromatic rings. The van der Waals surface area contributed by atoms with E-state index in [-0.39, 0.29) is 17.2 Å². The summed E-state index contributed by atoms with van der Waals surface area (Å²) < 4.78 is 0. The number of benzene rings is 1. The van der Waals surface area contributed by atoms with Gasteiger partial charge in [-0.3, -0.25) is 9.78 Å². The lowest BCUT2D eigenvalue weighted by Gasteiger charge is -2.30. The van der Waals surface area contributed by atoms with Crippen LogP contribution in [0.15, 0.2) is 30.5 Å². The molecule has 1 aliphatic carbocycles. The minimum Gasteiger partial charge on any atom is -0.370 e. The molecule has 3 heterocycles. The van der Waals surface area contributed by atoms with Crippen molar-refractivity contribution in [2.75, 3.05) is 44.7 Å². The van der Waals surface area contributed by atoms with Crippen molar-refractivity contribution in [1.29, 1.82) is 5.26 Å². The molecule has 1 saturated carbocycles. The van der Waals surface area contributed by atoms with E-state index in [9.17, 15) is 10.1 Å². The van der Waals surface area contributed by atoms with Crippen LogP contribution in [0, 0.1) is 28.6 Å². The van der Waals surface area contributed by atoms with E-state index in [1.54, 1.807) is 6.20 Å². The average Bonchev–Trinajstić information content (AvgIpc) is 3.43. The van der Waals surface area contributed by atoms with Crippen LogP contribution in [0.1, 0.15) is 31.2 Å². The lowest BCUT2D eigenvalue weighted by molar-refractivity contribution is -0.126. The van der Waals surface area contributed by atoms with Gasteiger partial charge in [0.25, 0.3) is 0 Å². The maximum atomic E-state index is 13.2. The molecule has 2 aliphatic heterocycles. The fourth-order valence-corrected chi connectivity index (χ4v) is 5.51. The van der Waals surface area contributed by atoms with E-state index >= 15 is 0 Å². The second-order valence-electron chi connectivity index (χ2n) is 9.45. The maximum absolute atomic E-state index is 13.2. The molecular formula is C24H29N5O. The number of nitrogens with zero attached hydrogens (tertiary/aromatic N) is 4. The summed E-state index contributed by atoms with van der Waals surface area (Å²) in [5, 5.41) is 13.7. The second kappa shape index (κ2) is 7.55. The number of likely N-dealkylation sites (tertiary alicyclic amines) is 1. The standard InChI is InChI=1S/C24H29N5O/c1-28-11-3-4-17(14-28)13-27-23(30)20-15-29(16-24(20)8-9-24)21-7-6-18(12-25)22-19(21)5-2-10-26-22/h2,5-7,10,17,20H,3-4,8-9,11,13-16H2,1H3,(H,27,30). The van der Waals surface area contributed by atoms with Gasteiger partial charge >= 0.3 is 0 Å². The average molecular weight is 404 g/mol. The number of aromatic nitrogens is 1. The molecule has 156 valence electrons. The number of carbonyl (C=O) groups is 1. The van der Waals surface area contributed by atoms with Crippen LogP contribution in [0.4, 0.5) is 5.69 Å². The molecule has 0 radical (unpaired) electrons. The maximum Gasteiger partial charge on any atom is 0.225 e. The lowest BCUT2D eigenvalue weighted by Crippen LogP contribution is -2.42. The zero-order valence-electron chi connectivity index (χ0n) is 17.6. The number of carbonyl (C=O) groups excluding carboxylic acids is 1. The van der Waals surface area contributed by atoms with Crippen molar-refractivity contribution in [2.24, 2.45) is 17.3 Å². The Hall–Kier alpha value is -2.65. The monoisotopic (exact) mass is 403 g/mol. The summed E-state index contributed by atoms with van der Waals surface area (Å²) in [6.07, 6.45) is 6.41. The first-order valence-corrected chi connectivity index (χ1v) is 11.1. The van der Waals surface area contributed by atoms with E-state index in [1.807, 2.05) is 24.3 Å². The number of hydrogen-bond acceptors (Lipinski definition) is 5. The molecule has 1 spiro atoms. The molecule has 1 N–H and O–H groups in total. The summed E-state index contributed by atoms with van der Waals surface area (Å²) in [6.45, 7) is 4.68. The van der Waals surface area contributed by atoms with Crippen LogP contribution in [0.5, 0.6) is 0 Å². The predicted molar refractivity (Wildman–Crippen MR) is 117 cm³/mol. The normalized spacial score (nSPS) is 25.4. The minimum absolute atomic E-state index is 0.0428. The SMILES string of the molecule is CN1CCCC(CNC(=O)C2CN(c3ccc(C#N)c4ncccc34)CC23CC3)C1. The highest BCUT2D eigenvalue weighted by molar-refractivity contribution is 5.96. The summed E-state index contributed by atoms with van der Waals surface area (Å²) in [5.41, 5.74) is 2.56. The van der Waals surface area contributed by atoms with Gasteiger partial charge in [-0.25, -0.2) is 0 Å². The number of piperidine rings is 1. The number of nitriles is 1. The van der Waals surface area contributed by atoms with Crippen molar-refractivity contribution < 1.29 is 4.79 Å². The molecular weight excluding hydrogens is 374 g/mol. The number of amides is 1. The number of fused-ring (bicyclic) bond motifs is 1. The molecule has 6 heteroatoms. The zero-order chi connectivity index (χ0) is 20.7. The number of hydrogen-bond donors (Lipinski definition) is 1. The van der Waals surface area contributed by atoms with Crippen molar-refractivity contribution in [3.05, 3.63) is 36.0 Å². The van der Waals surface area contributed by atoms with E-state index in [0.717, 1.165) is 55.6 Å². The van der Waals surface area contributed by atoms with Gasteiger partial charge in [0.15, 0.2) is 0 Å². The zero-order valence-corrected chi connectivity index (χ0v) is 17.6. The number of anilines is 1. The molecule has 2 atom stereocenters. The Kier molecular flexibility index (Phi) is 4.86. The van der Waals surface area contributed by atoms with Gasteiger partial charge in [0.1, 0.15) is 6.07 Å². The van der Waals surface area contributed by atoms with Crippen LogP contribution in [0.3, 0.4) is 0 Å². The molecule has 30 heavy (non-hydrogen) atoms. The molecule has 3 aliphatic rings. The van der Waals surface area contributed by atoms with Crippen molar-refractivity contribution in [2.45, 2.75) is 25.7 Å². The van der Waals surface area contributed by atoms with Gasteiger partial charge in [0, 0.05) is 48.9 Å². The van der Waals surface area contributed by atoms with Crippen LogP contribution in [-0.2, 0) is 4.79 Å². The molecule has 3 fully saturated rings. The van der Waals surface area contributed by atoms with Crippen molar-refractivity contribution >= 4 is 22.5 Å². The quantitative estimate of drug-likeness (QED) is 0.850. The Balaban J connectivity index is 1.33. The highest BCUT2D eigenvalue weighted by Crippen LogP contribution is 2.57. The largest absolute Gasteiger partial charge is 0.370 e. The van der Waals surface area contributed by atoms with Crippen molar-refractivity contribution in [1.82, 2.24) is 15.2 Å². The Morgan fingerprint density at radius 1 is 1.33 bits per heavy atom. The Bertz CT molecular complexity index is 1010. The van der Waals surface area contributed by atoms with Gasteiger partial charge in [-0.1, -0.05) is 0 Å². The van der Waals surface area contributed by atoms with Gasteiger partial charge in [-0.2, -0.15) is 5.26 Å².